The van der Waals surface area contributed by atoms with E-state index >= 15 is 0 Å². The summed E-state index contributed by atoms with van der Waals surface area (Å²) in [6, 6.07) is 16.6. The van der Waals surface area contributed by atoms with Gasteiger partial charge in [-0.3, -0.25) is 0 Å². The molecule has 0 heterocycles. The van der Waals surface area contributed by atoms with Crippen LogP contribution in [-0.2, 0) is 0 Å². The fraction of sp³-hybridized carbons (Fsp3) is 0.333. The summed E-state index contributed by atoms with van der Waals surface area (Å²) in [7, 11) is 0. The fourth-order valence-corrected chi connectivity index (χ4v) is 2.69. The Labute approximate surface area is 140 Å². The molecule has 112 valence electrons. The third-order valence-corrected chi connectivity index (χ3v) is 4.33. The Hall–Kier alpha value is -0.910. The van der Waals surface area contributed by atoms with Gasteiger partial charge in [0.05, 0.1) is 6.10 Å². The van der Waals surface area contributed by atoms with Gasteiger partial charge in [-0.2, -0.15) is 0 Å². The summed E-state index contributed by atoms with van der Waals surface area (Å²) >= 11 is 2.30. The minimum atomic E-state index is -0.408. The summed E-state index contributed by atoms with van der Waals surface area (Å²) in [6.45, 7) is 0.237. The normalized spacial score (nSPS) is 12.3. The van der Waals surface area contributed by atoms with Crippen molar-refractivity contribution in [3.8, 4) is 11.1 Å². The SMILES string of the molecule is OCCCCCC(O)c1ccc(-c2ccc(I)cc2)cc1. The van der Waals surface area contributed by atoms with Crippen LogP contribution in [0, 0.1) is 3.57 Å². The zero-order valence-corrected chi connectivity index (χ0v) is 14.2. The van der Waals surface area contributed by atoms with E-state index in [0.717, 1.165) is 31.2 Å². The van der Waals surface area contributed by atoms with Gasteiger partial charge >= 0.3 is 0 Å². The lowest BCUT2D eigenvalue weighted by Gasteiger charge is -2.11. The van der Waals surface area contributed by atoms with E-state index in [1.54, 1.807) is 0 Å². The zero-order valence-electron chi connectivity index (χ0n) is 12.0. The quantitative estimate of drug-likeness (QED) is 0.533. The van der Waals surface area contributed by atoms with Crippen molar-refractivity contribution in [2.75, 3.05) is 6.61 Å². The molecular weight excluding hydrogens is 375 g/mol. The molecule has 0 amide bonds. The van der Waals surface area contributed by atoms with E-state index in [1.807, 2.05) is 12.1 Å². The lowest BCUT2D eigenvalue weighted by molar-refractivity contribution is 0.162. The van der Waals surface area contributed by atoms with Gasteiger partial charge in [0.25, 0.3) is 0 Å². The molecule has 2 aromatic carbocycles. The van der Waals surface area contributed by atoms with Crippen molar-refractivity contribution in [2.45, 2.75) is 31.8 Å². The molecule has 0 aromatic heterocycles. The van der Waals surface area contributed by atoms with Crippen molar-refractivity contribution in [1.29, 1.82) is 0 Å². The number of benzene rings is 2. The topological polar surface area (TPSA) is 40.5 Å². The minimum absolute atomic E-state index is 0.237. The molecule has 0 spiro atoms. The maximum absolute atomic E-state index is 10.2. The number of unbranched alkanes of at least 4 members (excludes halogenated alkanes) is 2. The van der Waals surface area contributed by atoms with E-state index in [1.165, 1.54) is 14.7 Å². The van der Waals surface area contributed by atoms with Crippen molar-refractivity contribution in [2.24, 2.45) is 0 Å². The Morgan fingerprint density at radius 1 is 0.810 bits per heavy atom. The zero-order chi connectivity index (χ0) is 15.1. The molecule has 0 saturated carbocycles. The maximum atomic E-state index is 10.2. The van der Waals surface area contributed by atoms with E-state index < -0.39 is 6.10 Å². The molecule has 2 aromatic rings. The molecule has 2 nitrogen and oxygen atoms in total. The third kappa shape index (κ3) is 5.09. The highest BCUT2D eigenvalue weighted by Gasteiger charge is 2.07. The van der Waals surface area contributed by atoms with Crippen LogP contribution < -0.4 is 0 Å². The van der Waals surface area contributed by atoms with Crippen LogP contribution in [0.25, 0.3) is 11.1 Å². The molecule has 0 saturated heterocycles. The lowest BCUT2D eigenvalue weighted by atomic mass is 9.99. The highest BCUT2D eigenvalue weighted by Crippen LogP contribution is 2.25. The van der Waals surface area contributed by atoms with Crippen molar-refractivity contribution in [3.63, 3.8) is 0 Å². The monoisotopic (exact) mass is 396 g/mol. The predicted octanol–water partition coefficient (Wildman–Crippen LogP) is 4.54. The summed E-state index contributed by atoms with van der Waals surface area (Å²) in [5.41, 5.74) is 3.33. The van der Waals surface area contributed by atoms with E-state index in [-0.39, 0.29) is 6.61 Å². The Morgan fingerprint density at radius 2 is 1.38 bits per heavy atom. The third-order valence-electron chi connectivity index (χ3n) is 3.61. The van der Waals surface area contributed by atoms with Crippen molar-refractivity contribution < 1.29 is 10.2 Å². The van der Waals surface area contributed by atoms with Gasteiger partial charge in [0.2, 0.25) is 0 Å². The smallest absolute Gasteiger partial charge is 0.0790 e. The van der Waals surface area contributed by atoms with Gasteiger partial charge in [0.1, 0.15) is 0 Å². The summed E-state index contributed by atoms with van der Waals surface area (Å²) < 4.78 is 1.23. The van der Waals surface area contributed by atoms with Crippen LogP contribution in [0.1, 0.15) is 37.4 Å². The molecule has 21 heavy (non-hydrogen) atoms. The first kappa shape index (κ1) is 16.5. The summed E-state index contributed by atoms with van der Waals surface area (Å²) in [4.78, 5) is 0. The number of hydrogen-bond donors (Lipinski definition) is 2. The van der Waals surface area contributed by atoms with Crippen molar-refractivity contribution >= 4 is 22.6 Å². The Balaban J connectivity index is 1.96. The second-order valence-electron chi connectivity index (χ2n) is 5.22. The fourth-order valence-electron chi connectivity index (χ4n) is 2.33. The molecule has 3 heteroatoms. The van der Waals surface area contributed by atoms with Gasteiger partial charge in [-0.15, -0.1) is 0 Å². The number of hydrogen-bond acceptors (Lipinski definition) is 2. The first-order chi connectivity index (χ1) is 10.2. The number of rotatable bonds is 7. The van der Waals surface area contributed by atoms with Gasteiger partial charge in [-0.1, -0.05) is 49.2 Å². The second kappa shape index (κ2) is 8.51. The number of halogens is 1. The van der Waals surface area contributed by atoms with Crippen molar-refractivity contribution in [3.05, 3.63) is 57.7 Å². The predicted molar refractivity (Wildman–Crippen MR) is 95.1 cm³/mol. The number of aliphatic hydroxyl groups excluding tert-OH is 2. The largest absolute Gasteiger partial charge is 0.396 e. The standard InChI is InChI=1S/C18H21IO2/c19-17-11-9-15(10-12-17)14-5-7-16(8-6-14)18(21)4-2-1-3-13-20/h5-12,18,20-21H,1-4,13H2. The average molecular weight is 396 g/mol. The van der Waals surface area contributed by atoms with Gasteiger partial charge in [-0.05, 0) is 64.3 Å². The minimum Gasteiger partial charge on any atom is -0.396 e. The van der Waals surface area contributed by atoms with Crippen LogP contribution in [0.4, 0.5) is 0 Å². The summed E-state index contributed by atoms with van der Waals surface area (Å²) in [5, 5.41) is 18.9. The van der Waals surface area contributed by atoms with Crippen LogP contribution >= 0.6 is 22.6 Å². The van der Waals surface area contributed by atoms with Crippen LogP contribution in [0.2, 0.25) is 0 Å². The number of aliphatic hydroxyl groups is 2. The summed E-state index contributed by atoms with van der Waals surface area (Å²) in [5.74, 6) is 0. The molecule has 0 fully saturated rings. The molecule has 0 aliphatic heterocycles. The molecular formula is C18H21IO2. The van der Waals surface area contributed by atoms with E-state index in [0.29, 0.717) is 0 Å². The second-order valence-corrected chi connectivity index (χ2v) is 6.46. The molecule has 1 atom stereocenters. The Bertz CT molecular complexity index is 534. The molecule has 1 unspecified atom stereocenters. The van der Waals surface area contributed by atoms with Crippen LogP contribution in [0.5, 0.6) is 0 Å². The average Bonchev–Trinajstić information content (AvgIpc) is 2.52. The molecule has 0 aliphatic carbocycles. The highest BCUT2D eigenvalue weighted by atomic mass is 127. The Morgan fingerprint density at radius 3 is 1.95 bits per heavy atom. The van der Waals surface area contributed by atoms with Gasteiger partial charge in [0, 0.05) is 10.2 Å². The molecule has 0 radical (unpaired) electrons. The highest BCUT2D eigenvalue weighted by molar-refractivity contribution is 14.1. The van der Waals surface area contributed by atoms with E-state index in [4.69, 9.17) is 5.11 Å². The Kier molecular flexibility index (Phi) is 6.67. The van der Waals surface area contributed by atoms with Crippen LogP contribution in [0.15, 0.2) is 48.5 Å². The van der Waals surface area contributed by atoms with E-state index in [2.05, 4.69) is 59.0 Å². The molecule has 2 rings (SSSR count). The van der Waals surface area contributed by atoms with Gasteiger partial charge in [-0.25, -0.2) is 0 Å². The van der Waals surface area contributed by atoms with Crippen LogP contribution in [0.3, 0.4) is 0 Å². The van der Waals surface area contributed by atoms with Crippen LogP contribution in [-0.4, -0.2) is 16.8 Å². The van der Waals surface area contributed by atoms with Gasteiger partial charge < -0.3 is 10.2 Å². The van der Waals surface area contributed by atoms with E-state index in [9.17, 15) is 5.11 Å². The van der Waals surface area contributed by atoms with Gasteiger partial charge in [0.15, 0.2) is 0 Å². The lowest BCUT2D eigenvalue weighted by Crippen LogP contribution is -1.97. The molecule has 0 aliphatic rings. The summed E-state index contributed by atoms with van der Waals surface area (Å²) in [6.07, 6.45) is 3.07. The molecule has 2 N–H and O–H groups in total. The first-order valence-electron chi connectivity index (χ1n) is 7.35. The maximum Gasteiger partial charge on any atom is 0.0790 e. The van der Waals surface area contributed by atoms with Crippen molar-refractivity contribution in [1.82, 2.24) is 0 Å². The molecule has 0 bridgehead atoms. The first-order valence-corrected chi connectivity index (χ1v) is 8.43.